The molecule has 1 saturated heterocycles. The van der Waals surface area contributed by atoms with Crippen LogP contribution in [0.4, 0.5) is 23.2 Å². The molecule has 3 atom stereocenters. The standard InChI is InChI=1S/C20H18ClF4N3O4/c1-19(20(23,24)25)8-11(10-3-4-12(22)14(21)15(10)31-2)16(32-19)18(30)28-9-5-6-27-13(7-9)17(26)29/h3-7,11,16H,8H2,1-2H3,(H2,26,29)(H,27,28,30)/t11-,16-,19-/m0/s1. The Labute approximate surface area is 184 Å². The maximum Gasteiger partial charge on any atom is 0.417 e. The Morgan fingerprint density at radius 1 is 1.34 bits per heavy atom. The Hall–Kier alpha value is -2.92. The summed E-state index contributed by atoms with van der Waals surface area (Å²) in [5, 5.41) is 1.98. The summed E-state index contributed by atoms with van der Waals surface area (Å²) in [6.45, 7) is 0.822. The summed E-state index contributed by atoms with van der Waals surface area (Å²) in [5.74, 6) is -3.98. The minimum atomic E-state index is -4.80. The van der Waals surface area contributed by atoms with Crippen LogP contribution in [-0.4, -0.2) is 41.8 Å². The third-order valence-electron chi connectivity index (χ3n) is 5.18. The Bertz CT molecular complexity index is 1070. The number of halogens is 5. The van der Waals surface area contributed by atoms with E-state index in [1.54, 1.807) is 0 Å². The molecule has 172 valence electrons. The third-order valence-corrected chi connectivity index (χ3v) is 5.54. The lowest BCUT2D eigenvalue weighted by molar-refractivity contribution is -0.261. The number of methoxy groups -OCH3 is 1. The van der Waals surface area contributed by atoms with Crippen molar-refractivity contribution in [2.24, 2.45) is 5.73 Å². The van der Waals surface area contributed by atoms with Crippen LogP contribution >= 0.6 is 11.6 Å². The van der Waals surface area contributed by atoms with Gasteiger partial charge < -0.3 is 20.5 Å². The number of primary amides is 1. The first kappa shape index (κ1) is 23.7. The first-order chi connectivity index (χ1) is 14.9. The minimum Gasteiger partial charge on any atom is -0.495 e. The van der Waals surface area contributed by atoms with Crippen molar-refractivity contribution in [1.82, 2.24) is 4.98 Å². The van der Waals surface area contributed by atoms with Crippen molar-refractivity contribution in [3.63, 3.8) is 0 Å². The van der Waals surface area contributed by atoms with Crippen molar-refractivity contribution >= 4 is 29.1 Å². The molecule has 1 aromatic carbocycles. The SMILES string of the molecule is COc1c([C@@H]2C[C@@](C)(C(F)(F)F)O[C@@H]2C(=O)Nc2ccnc(C(N)=O)c2)ccc(F)c1Cl. The number of nitrogens with zero attached hydrogens (tertiary/aromatic N) is 1. The van der Waals surface area contributed by atoms with Crippen molar-refractivity contribution in [3.8, 4) is 5.75 Å². The highest BCUT2D eigenvalue weighted by atomic mass is 35.5. The van der Waals surface area contributed by atoms with Gasteiger partial charge in [-0.2, -0.15) is 13.2 Å². The second-order valence-corrected chi connectivity index (χ2v) is 7.72. The summed E-state index contributed by atoms with van der Waals surface area (Å²) < 4.78 is 65.4. The van der Waals surface area contributed by atoms with E-state index in [4.69, 9.17) is 26.8 Å². The number of hydrogen-bond donors (Lipinski definition) is 2. The van der Waals surface area contributed by atoms with E-state index in [0.29, 0.717) is 0 Å². The number of hydrogen-bond acceptors (Lipinski definition) is 5. The fraction of sp³-hybridized carbons (Fsp3) is 0.350. The molecule has 1 aliphatic heterocycles. The average molecular weight is 476 g/mol. The molecule has 2 heterocycles. The van der Waals surface area contributed by atoms with Crippen LogP contribution < -0.4 is 15.8 Å². The average Bonchev–Trinajstić information content (AvgIpc) is 3.09. The molecule has 1 aliphatic rings. The zero-order valence-corrected chi connectivity index (χ0v) is 17.6. The van der Waals surface area contributed by atoms with Gasteiger partial charge in [0.1, 0.15) is 28.4 Å². The van der Waals surface area contributed by atoms with Crippen molar-refractivity contribution in [1.29, 1.82) is 0 Å². The normalized spacial score (nSPS) is 23.1. The first-order valence-corrected chi connectivity index (χ1v) is 9.59. The topological polar surface area (TPSA) is 104 Å². The van der Waals surface area contributed by atoms with Crippen LogP contribution in [0.1, 0.15) is 35.3 Å². The molecule has 0 radical (unpaired) electrons. The van der Waals surface area contributed by atoms with Crippen LogP contribution in [0.25, 0.3) is 0 Å². The number of aromatic nitrogens is 1. The second-order valence-electron chi connectivity index (χ2n) is 7.34. The lowest BCUT2D eigenvalue weighted by atomic mass is 9.86. The van der Waals surface area contributed by atoms with E-state index in [-0.39, 0.29) is 22.7 Å². The Morgan fingerprint density at radius 2 is 2.03 bits per heavy atom. The molecule has 32 heavy (non-hydrogen) atoms. The Morgan fingerprint density at radius 3 is 2.62 bits per heavy atom. The van der Waals surface area contributed by atoms with Gasteiger partial charge in [0.15, 0.2) is 5.60 Å². The first-order valence-electron chi connectivity index (χ1n) is 9.21. The number of anilines is 1. The third kappa shape index (κ3) is 4.35. The van der Waals surface area contributed by atoms with E-state index in [0.717, 1.165) is 13.0 Å². The van der Waals surface area contributed by atoms with Gasteiger partial charge >= 0.3 is 6.18 Å². The zero-order valence-electron chi connectivity index (χ0n) is 16.8. The van der Waals surface area contributed by atoms with Gasteiger partial charge in [-0.1, -0.05) is 17.7 Å². The van der Waals surface area contributed by atoms with E-state index in [9.17, 15) is 27.2 Å². The number of carbonyl (C=O) groups is 2. The molecule has 2 aromatic rings. The van der Waals surface area contributed by atoms with Gasteiger partial charge in [0, 0.05) is 23.4 Å². The number of ether oxygens (including phenoxy) is 2. The lowest BCUT2D eigenvalue weighted by Crippen LogP contribution is -2.43. The summed E-state index contributed by atoms with van der Waals surface area (Å²) in [7, 11) is 1.18. The number of benzene rings is 1. The quantitative estimate of drug-likeness (QED) is 0.640. The van der Waals surface area contributed by atoms with Crippen LogP contribution in [-0.2, 0) is 9.53 Å². The molecular weight excluding hydrogens is 458 g/mol. The van der Waals surface area contributed by atoms with Crippen LogP contribution in [0.2, 0.25) is 5.02 Å². The van der Waals surface area contributed by atoms with Gasteiger partial charge in [0.2, 0.25) is 0 Å². The summed E-state index contributed by atoms with van der Waals surface area (Å²) in [5.41, 5.74) is 2.49. The number of rotatable bonds is 5. The maximum absolute atomic E-state index is 13.9. The maximum atomic E-state index is 13.9. The molecule has 12 heteroatoms. The van der Waals surface area contributed by atoms with Crippen molar-refractivity contribution in [2.75, 3.05) is 12.4 Å². The molecule has 7 nitrogen and oxygen atoms in total. The highest BCUT2D eigenvalue weighted by Gasteiger charge is 2.61. The molecule has 0 spiro atoms. The molecule has 3 rings (SSSR count). The highest BCUT2D eigenvalue weighted by Crippen LogP contribution is 2.52. The summed E-state index contributed by atoms with van der Waals surface area (Å²) in [4.78, 5) is 28.0. The highest BCUT2D eigenvalue weighted by molar-refractivity contribution is 6.32. The predicted octanol–water partition coefficient (Wildman–Crippen LogP) is 3.81. The minimum absolute atomic E-state index is 0.0749. The fourth-order valence-electron chi connectivity index (χ4n) is 3.53. The number of amides is 2. The van der Waals surface area contributed by atoms with Crippen molar-refractivity contribution in [2.45, 2.75) is 37.1 Å². The largest absolute Gasteiger partial charge is 0.495 e. The van der Waals surface area contributed by atoms with Gasteiger partial charge in [0.25, 0.3) is 11.8 Å². The molecule has 1 fully saturated rings. The molecule has 2 amide bonds. The molecular formula is C20H18ClF4N3O4. The Kier molecular flexibility index (Phi) is 6.34. The van der Waals surface area contributed by atoms with E-state index < -0.39 is 52.9 Å². The van der Waals surface area contributed by atoms with Crippen LogP contribution in [0.15, 0.2) is 30.5 Å². The number of nitrogens with one attached hydrogen (secondary N) is 1. The summed E-state index contributed by atoms with van der Waals surface area (Å²) in [6.07, 6.45) is -5.88. The molecule has 0 saturated carbocycles. The van der Waals surface area contributed by atoms with Gasteiger partial charge in [-0.3, -0.25) is 14.6 Å². The van der Waals surface area contributed by atoms with Crippen LogP contribution in [0.5, 0.6) is 5.75 Å². The van der Waals surface area contributed by atoms with E-state index in [1.807, 2.05) is 0 Å². The number of pyridine rings is 1. The van der Waals surface area contributed by atoms with E-state index in [2.05, 4.69) is 10.3 Å². The predicted molar refractivity (Wildman–Crippen MR) is 106 cm³/mol. The van der Waals surface area contributed by atoms with Crippen molar-refractivity contribution < 1.29 is 36.6 Å². The van der Waals surface area contributed by atoms with Crippen LogP contribution in [0, 0.1) is 5.82 Å². The van der Waals surface area contributed by atoms with E-state index >= 15 is 0 Å². The van der Waals surface area contributed by atoms with Crippen LogP contribution in [0.3, 0.4) is 0 Å². The smallest absolute Gasteiger partial charge is 0.417 e. The van der Waals surface area contributed by atoms with Gasteiger partial charge in [0.05, 0.1) is 7.11 Å². The lowest BCUT2D eigenvalue weighted by Gasteiger charge is -2.27. The van der Waals surface area contributed by atoms with Crippen molar-refractivity contribution in [3.05, 3.63) is 52.6 Å². The molecule has 0 bridgehead atoms. The van der Waals surface area contributed by atoms with E-state index in [1.165, 1.54) is 31.5 Å². The monoisotopic (exact) mass is 475 g/mol. The zero-order chi connectivity index (χ0) is 23.8. The second kappa shape index (κ2) is 8.55. The Balaban J connectivity index is 2.01. The molecule has 1 aromatic heterocycles. The number of alkyl halides is 3. The van der Waals surface area contributed by atoms with Gasteiger partial charge in [-0.25, -0.2) is 4.39 Å². The molecule has 3 N–H and O–H groups in total. The number of carbonyl (C=O) groups excluding carboxylic acids is 2. The molecule has 0 aliphatic carbocycles. The fourth-order valence-corrected chi connectivity index (χ4v) is 3.78. The summed E-state index contributed by atoms with van der Waals surface area (Å²) >= 11 is 5.93. The van der Waals surface area contributed by atoms with Gasteiger partial charge in [-0.05, 0) is 31.5 Å². The van der Waals surface area contributed by atoms with Gasteiger partial charge in [-0.15, -0.1) is 0 Å². The number of nitrogens with two attached hydrogens (primary N) is 1. The summed E-state index contributed by atoms with van der Waals surface area (Å²) in [6, 6.07) is 4.67. The molecule has 0 unspecified atom stereocenters.